The van der Waals surface area contributed by atoms with Gasteiger partial charge in [-0.05, 0) is 12.1 Å². The average Bonchev–Trinajstić information content (AvgIpc) is 2.12. The van der Waals surface area contributed by atoms with Gasteiger partial charge in [-0.15, -0.1) is 0 Å². The van der Waals surface area contributed by atoms with E-state index in [0.29, 0.717) is 0 Å². The van der Waals surface area contributed by atoms with Crippen LogP contribution in [0.2, 0.25) is 0 Å². The topological polar surface area (TPSA) is 74.2 Å². The molecule has 1 fully saturated rings. The summed E-state index contributed by atoms with van der Waals surface area (Å²) >= 11 is 0. The third-order valence-electron chi connectivity index (χ3n) is 2.12. The predicted octanol–water partition coefficient (Wildman–Crippen LogP) is -0.511. The molecule has 5 nitrogen and oxygen atoms in total. The minimum Gasteiger partial charge on any atom is -0.505 e. The van der Waals surface area contributed by atoms with E-state index >= 15 is 0 Å². The van der Waals surface area contributed by atoms with Crippen molar-refractivity contribution in [2.24, 2.45) is 0 Å². The van der Waals surface area contributed by atoms with Gasteiger partial charge in [-0.1, -0.05) is 0 Å². The number of hydrogen-bond donors (Lipinski definition) is 3. The Balaban J connectivity index is 2.06. The fraction of sp³-hybridized carbons (Fsp3) is 0.333. The van der Waals surface area contributed by atoms with Gasteiger partial charge in [0.15, 0.2) is 5.69 Å². The molecule has 0 aliphatic carbocycles. The van der Waals surface area contributed by atoms with Crippen molar-refractivity contribution in [2.45, 2.75) is 6.04 Å². The average molecular weight is 193 g/mol. The monoisotopic (exact) mass is 193 g/mol. The molecule has 14 heavy (non-hydrogen) atoms. The van der Waals surface area contributed by atoms with E-state index in [2.05, 4.69) is 15.6 Å². The Morgan fingerprint density at radius 2 is 2.43 bits per heavy atom. The maximum Gasteiger partial charge on any atom is 0.274 e. The zero-order chi connectivity index (χ0) is 9.97. The lowest BCUT2D eigenvalue weighted by Gasteiger charge is -2.27. The van der Waals surface area contributed by atoms with E-state index in [1.165, 1.54) is 12.3 Å². The van der Waals surface area contributed by atoms with E-state index in [-0.39, 0.29) is 23.4 Å². The van der Waals surface area contributed by atoms with Gasteiger partial charge in [-0.2, -0.15) is 0 Å². The highest BCUT2D eigenvalue weighted by Gasteiger charge is 2.21. The van der Waals surface area contributed by atoms with Gasteiger partial charge in [0.2, 0.25) is 0 Å². The van der Waals surface area contributed by atoms with Gasteiger partial charge in [0.25, 0.3) is 5.91 Å². The minimum atomic E-state index is -0.324. The van der Waals surface area contributed by atoms with Crippen molar-refractivity contribution in [1.29, 1.82) is 0 Å². The zero-order valence-corrected chi connectivity index (χ0v) is 7.53. The van der Waals surface area contributed by atoms with Crippen molar-refractivity contribution in [3.8, 4) is 5.75 Å². The second-order valence-electron chi connectivity index (χ2n) is 3.20. The van der Waals surface area contributed by atoms with E-state index in [9.17, 15) is 9.90 Å². The van der Waals surface area contributed by atoms with Crippen molar-refractivity contribution in [2.75, 3.05) is 13.1 Å². The van der Waals surface area contributed by atoms with Crippen LogP contribution < -0.4 is 10.6 Å². The van der Waals surface area contributed by atoms with Gasteiger partial charge < -0.3 is 15.7 Å². The van der Waals surface area contributed by atoms with Gasteiger partial charge in [-0.25, -0.2) is 4.98 Å². The highest BCUT2D eigenvalue weighted by Crippen LogP contribution is 2.12. The molecule has 3 N–H and O–H groups in total. The van der Waals surface area contributed by atoms with E-state index in [0.717, 1.165) is 13.1 Å². The Morgan fingerprint density at radius 1 is 1.64 bits per heavy atom. The third kappa shape index (κ3) is 1.67. The number of aromatic nitrogens is 1. The SMILES string of the molecule is O=C(NC1CNC1)c1ncccc1O. The Kier molecular flexibility index (Phi) is 2.32. The number of pyridine rings is 1. The second-order valence-corrected chi connectivity index (χ2v) is 3.20. The molecule has 0 aromatic carbocycles. The van der Waals surface area contributed by atoms with E-state index in [1.807, 2.05) is 0 Å². The maximum atomic E-state index is 11.5. The van der Waals surface area contributed by atoms with Crippen molar-refractivity contribution in [3.63, 3.8) is 0 Å². The first-order valence-electron chi connectivity index (χ1n) is 4.43. The lowest BCUT2D eigenvalue weighted by Crippen LogP contribution is -2.57. The van der Waals surface area contributed by atoms with Crippen molar-refractivity contribution in [1.82, 2.24) is 15.6 Å². The number of aromatic hydroxyl groups is 1. The smallest absolute Gasteiger partial charge is 0.274 e. The molecule has 1 amide bonds. The standard InChI is InChI=1S/C9H11N3O2/c13-7-2-1-3-11-8(7)9(14)12-6-4-10-5-6/h1-3,6,10,13H,4-5H2,(H,12,14). The number of rotatable bonds is 2. The van der Waals surface area contributed by atoms with E-state index in [1.54, 1.807) is 6.07 Å². The summed E-state index contributed by atoms with van der Waals surface area (Å²) in [5, 5.41) is 15.1. The molecule has 0 atom stereocenters. The number of carbonyl (C=O) groups is 1. The van der Waals surface area contributed by atoms with Crippen LogP contribution in [-0.4, -0.2) is 35.1 Å². The first-order valence-corrected chi connectivity index (χ1v) is 4.43. The van der Waals surface area contributed by atoms with E-state index in [4.69, 9.17) is 0 Å². The first-order chi connectivity index (χ1) is 6.77. The van der Waals surface area contributed by atoms with Crippen LogP contribution in [0.1, 0.15) is 10.5 Å². The number of nitrogens with one attached hydrogen (secondary N) is 2. The molecule has 1 aromatic heterocycles. The number of amides is 1. The number of carbonyl (C=O) groups excluding carboxylic acids is 1. The van der Waals surface area contributed by atoms with Crippen molar-refractivity contribution < 1.29 is 9.90 Å². The summed E-state index contributed by atoms with van der Waals surface area (Å²) < 4.78 is 0. The third-order valence-corrected chi connectivity index (χ3v) is 2.12. The van der Waals surface area contributed by atoms with Gasteiger partial charge in [0.05, 0.1) is 6.04 Å². The van der Waals surface area contributed by atoms with E-state index < -0.39 is 0 Å². The van der Waals surface area contributed by atoms with Crippen molar-refractivity contribution >= 4 is 5.91 Å². The Labute approximate surface area is 81.2 Å². The molecule has 1 aliphatic heterocycles. The molecular formula is C9H11N3O2. The van der Waals surface area contributed by atoms with Gasteiger partial charge in [0, 0.05) is 19.3 Å². The van der Waals surface area contributed by atoms with Crippen LogP contribution in [0.4, 0.5) is 0 Å². The van der Waals surface area contributed by atoms with Crippen LogP contribution in [0.15, 0.2) is 18.3 Å². The summed E-state index contributed by atoms with van der Waals surface area (Å²) in [5.41, 5.74) is 0.0828. The summed E-state index contributed by atoms with van der Waals surface area (Å²) in [4.78, 5) is 15.3. The summed E-state index contributed by atoms with van der Waals surface area (Å²) in [7, 11) is 0. The molecule has 5 heteroatoms. The summed E-state index contributed by atoms with van der Waals surface area (Å²) in [6.45, 7) is 1.55. The molecule has 1 aromatic rings. The maximum absolute atomic E-state index is 11.5. The van der Waals surface area contributed by atoms with Gasteiger partial charge >= 0.3 is 0 Å². The number of hydrogen-bond acceptors (Lipinski definition) is 4. The van der Waals surface area contributed by atoms with Crippen LogP contribution in [-0.2, 0) is 0 Å². The lowest BCUT2D eigenvalue weighted by atomic mass is 10.2. The fourth-order valence-corrected chi connectivity index (χ4v) is 1.22. The van der Waals surface area contributed by atoms with Crippen LogP contribution in [0.5, 0.6) is 5.75 Å². The highest BCUT2D eigenvalue weighted by atomic mass is 16.3. The molecule has 1 aliphatic rings. The largest absolute Gasteiger partial charge is 0.505 e. The molecule has 0 unspecified atom stereocenters. The quantitative estimate of drug-likeness (QED) is 0.591. The molecule has 0 radical (unpaired) electrons. The second kappa shape index (κ2) is 3.63. The summed E-state index contributed by atoms with van der Waals surface area (Å²) in [6.07, 6.45) is 1.48. The Bertz CT molecular complexity index is 350. The zero-order valence-electron chi connectivity index (χ0n) is 7.53. The van der Waals surface area contributed by atoms with Crippen LogP contribution in [0, 0.1) is 0 Å². The van der Waals surface area contributed by atoms with Crippen LogP contribution in [0.3, 0.4) is 0 Å². The molecule has 74 valence electrons. The summed E-state index contributed by atoms with van der Waals surface area (Å²) in [5.74, 6) is -0.410. The van der Waals surface area contributed by atoms with Gasteiger partial charge in [0.1, 0.15) is 5.75 Å². The van der Waals surface area contributed by atoms with Crippen LogP contribution >= 0.6 is 0 Å². The fourth-order valence-electron chi connectivity index (χ4n) is 1.22. The molecule has 2 heterocycles. The molecule has 0 saturated carbocycles. The molecule has 0 bridgehead atoms. The summed E-state index contributed by atoms with van der Waals surface area (Å²) in [6, 6.07) is 3.18. The molecular weight excluding hydrogens is 182 g/mol. The molecule has 0 spiro atoms. The predicted molar refractivity (Wildman–Crippen MR) is 50.0 cm³/mol. The van der Waals surface area contributed by atoms with Gasteiger partial charge in [-0.3, -0.25) is 4.79 Å². The minimum absolute atomic E-state index is 0.0828. The first kappa shape index (κ1) is 8.96. The number of nitrogens with zero attached hydrogens (tertiary/aromatic N) is 1. The van der Waals surface area contributed by atoms with Crippen molar-refractivity contribution in [3.05, 3.63) is 24.0 Å². The van der Waals surface area contributed by atoms with Crippen LogP contribution in [0.25, 0.3) is 0 Å². The lowest BCUT2D eigenvalue weighted by molar-refractivity contribution is 0.0916. The Hall–Kier alpha value is -1.62. The molecule has 1 saturated heterocycles. The molecule has 2 rings (SSSR count). The Morgan fingerprint density at radius 3 is 3.00 bits per heavy atom. The normalized spacial score (nSPS) is 16.0. The highest BCUT2D eigenvalue weighted by molar-refractivity contribution is 5.94.